The lowest BCUT2D eigenvalue weighted by atomic mass is 10.1. The Hall–Kier alpha value is -1.32. The molecule has 13 heavy (non-hydrogen) atoms. The summed E-state index contributed by atoms with van der Waals surface area (Å²) < 4.78 is 0. The van der Waals surface area contributed by atoms with Crippen LogP contribution in [0.15, 0.2) is 18.5 Å². The molecule has 1 heterocycles. The molecule has 70 valence electrons. The fourth-order valence-electron chi connectivity index (χ4n) is 1.64. The van der Waals surface area contributed by atoms with E-state index in [1.807, 2.05) is 0 Å². The van der Waals surface area contributed by atoms with Crippen LogP contribution in [0.25, 0.3) is 0 Å². The first kappa shape index (κ1) is 8.29. The lowest BCUT2D eigenvalue weighted by Crippen LogP contribution is -2.25. The third kappa shape index (κ3) is 1.88. The van der Waals surface area contributed by atoms with Gasteiger partial charge in [0.05, 0.1) is 18.3 Å². The summed E-state index contributed by atoms with van der Waals surface area (Å²) in [4.78, 5) is 17.6. The molecule has 1 aromatic heterocycles. The van der Waals surface area contributed by atoms with Crippen LogP contribution in [0.3, 0.4) is 0 Å². The van der Waals surface area contributed by atoms with Gasteiger partial charge in [-0.05, 0) is 18.9 Å². The second kappa shape index (κ2) is 3.60. The van der Waals surface area contributed by atoms with Crippen LogP contribution in [0.2, 0.25) is 0 Å². The molecule has 1 saturated carbocycles. The molecule has 0 aromatic carbocycles. The summed E-state index contributed by atoms with van der Waals surface area (Å²) in [7, 11) is 0. The Morgan fingerprint density at radius 1 is 1.46 bits per heavy atom. The SMILES string of the molecule is O=C(On1cccn1)C1CCCC1. The minimum atomic E-state index is -0.152. The molecular formula is C9H12N2O2. The van der Waals surface area contributed by atoms with Gasteiger partial charge >= 0.3 is 5.97 Å². The van der Waals surface area contributed by atoms with Crippen LogP contribution in [0, 0.1) is 5.92 Å². The first-order chi connectivity index (χ1) is 6.36. The van der Waals surface area contributed by atoms with Crippen molar-refractivity contribution in [1.82, 2.24) is 9.94 Å². The molecular weight excluding hydrogens is 168 g/mol. The second-order valence-electron chi connectivity index (χ2n) is 3.30. The largest absolute Gasteiger partial charge is 0.337 e. The van der Waals surface area contributed by atoms with Gasteiger partial charge in [0, 0.05) is 0 Å². The molecule has 0 unspecified atom stereocenters. The number of aromatic nitrogens is 2. The van der Waals surface area contributed by atoms with Crippen LogP contribution in [0.4, 0.5) is 0 Å². The smallest absolute Gasteiger partial charge is 0.319 e. The van der Waals surface area contributed by atoms with E-state index >= 15 is 0 Å². The van der Waals surface area contributed by atoms with Crippen LogP contribution >= 0.6 is 0 Å². The average molecular weight is 180 g/mol. The van der Waals surface area contributed by atoms with E-state index in [1.54, 1.807) is 18.5 Å². The van der Waals surface area contributed by atoms with Gasteiger partial charge in [0.2, 0.25) is 0 Å². The summed E-state index contributed by atoms with van der Waals surface area (Å²) in [5.41, 5.74) is 0. The highest BCUT2D eigenvalue weighted by molar-refractivity contribution is 5.72. The van der Waals surface area contributed by atoms with Crippen molar-refractivity contribution in [2.24, 2.45) is 5.92 Å². The molecule has 0 saturated heterocycles. The molecule has 0 aliphatic heterocycles. The van der Waals surface area contributed by atoms with Gasteiger partial charge in [0.25, 0.3) is 0 Å². The van der Waals surface area contributed by atoms with E-state index < -0.39 is 0 Å². The standard InChI is InChI=1S/C9H12N2O2/c12-9(8-4-1-2-5-8)13-11-7-3-6-10-11/h3,6-8H,1-2,4-5H2. The average Bonchev–Trinajstić information content (AvgIpc) is 2.74. The van der Waals surface area contributed by atoms with Gasteiger partial charge in [-0.1, -0.05) is 17.7 Å². The molecule has 0 bridgehead atoms. The van der Waals surface area contributed by atoms with Crippen molar-refractivity contribution in [3.8, 4) is 0 Å². The Labute approximate surface area is 76.5 Å². The number of carbonyl (C=O) groups excluding carboxylic acids is 1. The van der Waals surface area contributed by atoms with Crippen molar-refractivity contribution in [3.05, 3.63) is 18.5 Å². The monoisotopic (exact) mass is 180 g/mol. The van der Waals surface area contributed by atoms with E-state index in [2.05, 4.69) is 5.10 Å². The van der Waals surface area contributed by atoms with Gasteiger partial charge in [-0.25, -0.2) is 4.79 Å². The number of hydrogen-bond acceptors (Lipinski definition) is 3. The summed E-state index contributed by atoms with van der Waals surface area (Å²) in [6.45, 7) is 0. The third-order valence-corrected chi connectivity index (χ3v) is 2.35. The van der Waals surface area contributed by atoms with Crippen LogP contribution in [-0.2, 0) is 4.79 Å². The summed E-state index contributed by atoms with van der Waals surface area (Å²) in [6.07, 6.45) is 7.40. The molecule has 1 aliphatic rings. The second-order valence-corrected chi connectivity index (χ2v) is 3.30. The molecule has 0 atom stereocenters. The van der Waals surface area contributed by atoms with Crippen LogP contribution in [0.1, 0.15) is 25.7 Å². The summed E-state index contributed by atoms with van der Waals surface area (Å²) in [6, 6.07) is 1.72. The Balaban J connectivity index is 1.91. The Morgan fingerprint density at radius 3 is 2.85 bits per heavy atom. The molecule has 0 radical (unpaired) electrons. The maximum Gasteiger partial charge on any atom is 0.337 e. The van der Waals surface area contributed by atoms with Crippen molar-refractivity contribution >= 4 is 5.97 Å². The van der Waals surface area contributed by atoms with Gasteiger partial charge in [0.15, 0.2) is 0 Å². The Bertz CT molecular complexity index is 276. The predicted octanol–water partition coefficient (Wildman–Crippen LogP) is 1.03. The first-order valence-electron chi connectivity index (χ1n) is 4.58. The minimum Gasteiger partial charge on any atom is -0.319 e. The maximum atomic E-state index is 11.4. The van der Waals surface area contributed by atoms with E-state index in [0.717, 1.165) is 25.7 Å². The molecule has 4 heteroatoms. The zero-order chi connectivity index (χ0) is 9.10. The third-order valence-electron chi connectivity index (χ3n) is 2.35. The topological polar surface area (TPSA) is 44.1 Å². The normalized spacial score (nSPS) is 17.5. The maximum absolute atomic E-state index is 11.4. The highest BCUT2D eigenvalue weighted by Crippen LogP contribution is 2.24. The van der Waals surface area contributed by atoms with Gasteiger partial charge in [0.1, 0.15) is 0 Å². The molecule has 0 amide bonds. The van der Waals surface area contributed by atoms with E-state index in [9.17, 15) is 4.79 Å². The fraction of sp³-hybridized carbons (Fsp3) is 0.556. The molecule has 1 aromatic rings. The van der Waals surface area contributed by atoms with Crippen molar-refractivity contribution in [3.63, 3.8) is 0 Å². The quantitative estimate of drug-likeness (QED) is 0.682. The van der Waals surface area contributed by atoms with E-state index in [4.69, 9.17) is 4.84 Å². The van der Waals surface area contributed by atoms with Gasteiger partial charge in [-0.15, -0.1) is 5.10 Å². The van der Waals surface area contributed by atoms with Crippen molar-refractivity contribution in [2.75, 3.05) is 0 Å². The van der Waals surface area contributed by atoms with E-state index in [0.29, 0.717) is 0 Å². The Kier molecular flexibility index (Phi) is 2.29. The number of carbonyl (C=O) groups is 1. The first-order valence-corrected chi connectivity index (χ1v) is 4.58. The van der Waals surface area contributed by atoms with Crippen LogP contribution < -0.4 is 4.84 Å². The number of nitrogens with zero attached hydrogens (tertiary/aromatic N) is 2. The predicted molar refractivity (Wildman–Crippen MR) is 45.8 cm³/mol. The molecule has 1 fully saturated rings. The Morgan fingerprint density at radius 2 is 2.23 bits per heavy atom. The van der Waals surface area contributed by atoms with E-state index in [-0.39, 0.29) is 11.9 Å². The van der Waals surface area contributed by atoms with Gasteiger partial charge < -0.3 is 4.84 Å². The molecule has 4 nitrogen and oxygen atoms in total. The van der Waals surface area contributed by atoms with Crippen LogP contribution in [0.5, 0.6) is 0 Å². The zero-order valence-corrected chi connectivity index (χ0v) is 7.35. The molecule has 2 rings (SSSR count). The summed E-state index contributed by atoms with van der Waals surface area (Å²) >= 11 is 0. The minimum absolute atomic E-state index is 0.0872. The summed E-state index contributed by atoms with van der Waals surface area (Å²) in [5.74, 6) is -0.0644. The molecule has 0 N–H and O–H groups in total. The lowest BCUT2D eigenvalue weighted by Gasteiger charge is -2.07. The highest BCUT2D eigenvalue weighted by atomic mass is 16.7. The van der Waals surface area contributed by atoms with Crippen molar-refractivity contribution in [2.45, 2.75) is 25.7 Å². The van der Waals surface area contributed by atoms with Crippen molar-refractivity contribution in [1.29, 1.82) is 0 Å². The fourth-order valence-corrected chi connectivity index (χ4v) is 1.64. The molecule has 1 aliphatic carbocycles. The zero-order valence-electron chi connectivity index (χ0n) is 7.35. The number of hydrogen-bond donors (Lipinski definition) is 0. The molecule has 0 spiro atoms. The summed E-state index contributed by atoms with van der Waals surface area (Å²) in [5, 5.41) is 3.80. The van der Waals surface area contributed by atoms with Gasteiger partial charge in [-0.2, -0.15) is 0 Å². The number of rotatable bonds is 2. The van der Waals surface area contributed by atoms with Crippen molar-refractivity contribution < 1.29 is 9.63 Å². The lowest BCUT2D eigenvalue weighted by molar-refractivity contribution is -0.150. The highest BCUT2D eigenvalue weighted by Gasteiger charge is 2.24. The van der Waals surface area contributed by atoms with E-state index in [1.165, 1.54) is 4.85 Å². The van der Waals surface area contributed by atoms with Gasteiger partial charge in [-0.3, -0.25) is 0 Å². The van der Waals surface area contributed by atoms with Crippen LogP contribution in [-0.4, -0.2) is 15.9 Å².